The number of rotatable bonds is 7. The molecule has 116 valence electrons. The number of para-hydroxylation sites is 1. The average molecular weight is 299 g/mol. The molecule has 2 rings (SSSR count). The van der Waals surface area contributed by atoms with Gasteiger partial charge in [-0.25, -0.2) is 0 Å². The Balaban J connectivity index is 1.80. The molecular formula is C18H21NO3. The van der Waals surface area contributed by atoms with Gasteiger partial charge >= 0.3 is 0 Å². The summed E-state index contributed by atoms with van der Waals surface area (Å²) in [5.74, 6) is 1.43. The van der Waals surface area contributed by atoms with E-state index in [-0.39, 0.29) is 12.5 Å². The van der Waals surface area contributed by atoms with E-state index in [0.717, 1.165) is 29.0 Å². The van der Waals surface area contributed by atoms with Gasteiger partial charge in [-0.1, -0.05) is 37.3 Å². The second kappa shape index (κ2) is 8.08. The molecule has 0 spiro atoms. The monoisotopic (exact) mass is 299 g/mol. The Hall–Kier alpha value is -2.49. The Bertz CT molecular complexity index is 608. The lowest BCUT2D eigenvalue weighted by atomic mass is 10.1. The van der Waals surface area contributed by atoms with Crippen LogP contribution in [-0.2, 0) is 17.8 Å². The van der Waals surface area contributed by atoms with E-state index in [1.54, 1.807) is 7.11 Å². The van der Waals surface area contributed by atoms with Gasteiger partial charge in [0.2, 0.25) is 0 Å². The van der Waals surface area contributed by atoms with Crippen molar-refractivity contribution in [3.63, 3.8) is 0 Å². The van der Waals surface area contributed by atoms with Crippen LogP contribution in [0.15, 0.2) is 48.5 Å². The summed E-state index contributed by atoms with van der Waals surface area (Å²) in [7, 11) is 1.63. The zero-order valence-corrected chi connectivity index (χ0v) is 13.0. The second-order valence-corrected chi connectivity index (χ2v) is 4.87. The highest BCUT2D eigenvalue weighted by molar-refractivity contribution is 5.77. The van der Waals surface area contributed by atoms with E-state index in [1.807, 2.05) is 48.5 Å². The van der Waals surface area contributed by atoms with E-state index in [0.29, 0.717) is 6.54 Å². The van der Waals surface area contributed by atoms with Crippen molar-refractivity contribution in [2.45, 2.75) is 19.9 Å². The van der Waals surface area contributed by atoms with E-state index in [9.17, 15) is 4.79 Å². The molecule has 1 amide bonds. The molecule has 0 radical (unpaired) electrons. The topological polar surface area (TPSA) is 47.6 Å². The van der Waals surface area contributed by atoms with Crippen LogP contribution >= 0.6 is 0 Å². The highest BCUT2D eigenvalue weighted by Gasteiger charge is 2.05. The van der Waals surface area contributed by atoms with Crippen LogP contribution in [0.3, 0.4) is 0 Å². The molecule has 4 nitrogen and oxygen atoms in total. The van der Waals surface area contributed by atoms with Crippen molar-refractivity contribution in [1.82, 2.24) is 5.32 Å². The van der Waals surface area contributed by atoms with Crippen LogP contribution in [0.4, 0.5) is 0 Å². The Morgan fingerprint density at radius 3 is 2.50 bits per heavy atom. The molecule has 0 aliphatic rings. The lowest BCUT2D eigenvalue weighted by Crippen LogP contribution is -2.28. The van der Waals surface area contributed by atoms with Crippen molar-refractivity contribution in [1.29, 1.82) is 0 Å². The number of carbonyl (C=O) groups excluding carboxylic acids is 1. The van der Waals surface area contributed by atoms with Crippen LogP contribution in [0.5, 0.6) is 11.5 Å². The fourth-order valence-corrected chi connectivity index (χ4v) is 2.08. The minimum absolute atomic E-state index is 0.0210. The van der Waals surface area contributed by atoms with Gasteiger partial charge in [0.25, 0.3) is 5.91 Å². The first kappa shape index (κ1) is 15.9. The fourth-order valence-electron chi connectivity index (χ4n) is 2.08. The number of amides is 1. The summed E-state index contributed by atoms with van der Waals surface area (Å²) < 4.78 is 10.7. The Morgan fingerprint density at radius 1 is 1.09 bits per heavy atom. The van der Waals surface area contributed by atoms with Gasteiger partial charge in [-0.15, -0.1) is 0 Å². The molecule has 4 heteroatoms. The zero-order chi connectivity index (χ0) is 15.8. The summed E-state index contributed by atoms with van der Waals surface area (Å²) in [6.45, 7) is 2.56. The van der Waals surface area contributed by atoms with Gasteiger partial charge in [-0.05, 0) is 35.7 Å². The number of carbonyl (C=O) groups is 1. The van der Waals surface area contributed by atoms with E-state index < -0.39 is 0 Å². The van der Waals surface area contributed by atoms with Crippen LogP contribution in [-0.4, -0.2) is 19.6 Å². The molecule has 0 saturated carbocycles. The number of aryl methyl sites for hydroxylation is 1. The van der Waals surface area contributed by atoms with Crippen LogP contribution in [0.2, 0.25) is 0 Å². The van der Waals surface area contributed by atoms with Gasteiger partial charge in [0.1, 0.15) is 11.5 Å². The SMILES string of the molecule is CCc1ccccc1OCC(=O)NCc1ccc(OC)cc1. The highest BCUT2D eigenvalue weighted by atomic mass is 16.5. The Kier molecular flexibility index (Phi) is 5.83. The number of hydrogen-bond donors (Lipinski definition) is 1. The number of nitrogens with one attached hydrogen (secondary N) is 1. The van der Waals surface area contributed by atoms with Gasteiger partial charge in [-0.3, -0.25) is 4.79 Å². The zero-order valence-electron chi connectivity index (χ0n) is 13.0. The van der Waals surface area contributed by atoms with Gasteiger partial charge in [0.15, 0.2) is 6.61 Å². The van der Waals surface area contributed by atoms with Crippen molar-refractivity contribution in [3.05, 3.63) is 59.7 Å². The first-order valence-corrected chi connectivity index (χ1v) is 7.33. The fraction of sp³-hybridized carbons (Fsp3) is 0.278. The van der Waals surface area contributed by atoms with Crippen molar-refractivity contribution < 1.29 is 14.3 Å². The molecule has 0 atom stereocenters. The number of hydrogen-bond acceptors (Lipinski definition) is 3. The largest absolute Gasteiger partial charge is 0.497 e. The molecule has 0 aromatic heterocycles. The number of methoxy groups -OCH3 is 1. The van der Waals surface area contributed by atoms with Gasteiger partial charge in [0.05, 0.1) is 7.11 Å². The van der Waals surface area contributed by atoms with Crippen LogP contribution in [0.25, 0.3) is 0 Å². The molecule has 0 aliphatic heterocycles. The van der Waals surface area contributed by atoms with E-state index in [4.69, 9.17) is 9.47 Å². The summed E-state index contributed by atoms with van der Waals surface area (Å²) in [6.07, 6.45) is 0.879. The molecule has 0 aliphatic carbocycles. The predicted octanol–water partition coefficient (Wildman–Crippen LogP) is 2.95. The van der Waals surface area contributed by atoms with Gasteiger partial charge in [0, 0.05) is 6.54 Å². The van der Waals surface area contributed by atoms with Crippen molar-refractivity contribution in [2.75, 3.05) is 13.7 Å². The lowest BCUT2D eigenvalue weighted by Gasteiger charge is -2.10. The van der Waals surface area contributed by atoms with Crippen LogP contribution < -0.4 is 14.8 Å². The van der Waals surface area contributed by atoms with Gasteiger partial charge in [-0.2, -0.15) is 0 Å². The normalized spacial score (nSPS) is 10.1. The Morgan fingerprint density at radius 2 is 1.82 bits per heavy atom. The summed E-state index contributed by atoms with van der Waals surface area (Å²) in [6, 6.07) is 15.4. The van der Waals surface area contributed by atoms with E-state index in [1.165, 1.54) is 0 Å². The summed E-state index contributed by atoms with van der Waals surface area (Å²) >= 11 is 0. The summed E-state index contributed by atoms with van der Waals surface area (Å²) in [4.78, 5) is 11.9. The molecule has 0 heterocycles. The third-order valence-corrected chi connectivity index (χ3v) is 3.36. The van der Waals surface area contributed by atoms with Crippen LogP contribution in [0.1, 0.15) is 18.1 Å². The van der Waals surface area contributed by atoms with Crippen molar-refractivity contribution in [2.24, 2.45) is 0 Å². The molecule has 0 fully saturated rings. The standard InChI is InChI=1S/C18H21NO3/c1-3-15-6-4-5-7-17(15)22-13-18(20)19-12-14-8-10-16(21-2)11-9-14/h4-11H,3,12-13H2,1-2H3,(H,19,20). The predicted molar refractivity (Wildman–Crippen MR) is 86.2 cm³/mol. The van der Waals surface area contributed by atoms with Gasteiger partial charge < -0.3 is 14.8 Å². The lowest BCUT2D eigenvalue weighted by molar-refractivity contribution is -0.123. The maximum Gasteiger partial charge on any atom is 0.258 e. The molecular weight excluding hydrogens is 278 g/mol. The molecule has 0 bridgehead atoms. The molecule has 0 unspecified atom stereocenters. The first-order chi connectivity index (χ1) is 10.7. The van der Waals surface area contributed by atoms with E-state index in [2.05, 4.69) is 12.2 Å². The van der Waals surface area contributed by atoms with Crippen molar-refractivity contribution >= 4 is 5.91 Å². The Labute approximate surface area is 131 Å². The molecule has 1 N–H and O–H groups in total. The minimum atomic E-state index is -0.137. The maximum atomic E-state index is 11.9. The molecule has 2 aromatic carbocycles. The number of ether oxygens (including phenoxy) is 2. The first-order valence-electron chi connectivity index (χ1n) is 7.33. The minimum Gasteiger partial charge on any atom is -0.497 e. The summed E-state index contributed by atoms with van der Waals surface area (Å²) in [5, 5.41) is 2.84. The highest BCUT2D eigenvalue weighted by Crippen LogP contribution is 2.18. The van der Waals surface area contributed by atoms with Crippen molar-refractivity contribution in [3.8, 4) is 11.5 Å². The molecule has 22 heavy (non-hydrogen) atoms. The maximum absolute atomic E-state index is 11.9. The average Bonchev–Trinajstić information content (AvgIpc) is 2.58. The molecule has 2 aromatic rings. The smallest absolute Gasteiger partial charge is 0.258 e. The third-order valence-electron chi connectivity index (χ3n) is 3.36. The molecule has 0 saturated heterocycles. The third kappa shape index (κ3) is 4.52. The van der Waals surface area contributed by atoms with E-state index >= 15 is 0 Å². The quantitative estimate of drug-likeness (QED) is 0.855. The number of benzene rings is 2. The second-order valence-electron chi connectivity index (χ2n) is 4.87. The van der Waals surface area contributed by atoms with Crippen LogP contribution in [0, 0.1) is 0 Å². The summed E-state index contributed by atoms with van der Waals surface area (Å²) in [5.41, 5.74) is 2.12.